The van der Waals surface area contributed by atoms with Gasteiger partial charge in [-0.3, -0.25) is 14.9 Å². The van der Waals surface area contributed by atoms with Crippen LogP contribution in [0, 0.1) is 25.7 Å². The molecule has 0 spiro atoms. The number of likely N-dealkylation sites (tertiary alicyclic amines) is 1. The van der Waals surface area contributed by atoms with E-state index in [1.807, 2.05) is 38.1 Å². The van der Waals surface area contributed by atoms with Crippen molar-refractivity contribution in [3.05, 3.63) is 52.6 Å². The average molecular weight is 388 g/mol. The molecule has 1 saturated carbocycles. The van der Waals surface area contributed by atoms with Gasteiger partial charge in [0.15, 0.2) is 0 Å². The number of rotatable bonds is 4. The largest absolute Gasteiger partial charge is 0.486 e. The molecule has 1 N–H and O–H groups in total. The van der Waals surface area contributed by atoms with Crippen LogP contribution in [-0.4, -0.2) is 45.3 Å². The fourth-order valence-electron chi connectivity index (χ4n) is 4.45. The third kappa shape index (κ3) is 4.10. The average Bonchev–Trinajstić information content (AvgIpc) is 3.00. The minimum Gasteiger partial charge on any atom is -0.486 e. The van der Waals surface area contributed by atoms with E-state index in [-0.39, 0.29) is 6.10 Å². The molecule has 5 nitrogen and oxygen atoms in total. The molecule has 144 valence electrons. The first kappa shape index (κ1) is 18.7. The Morgan fingerprint density at radius 3 is 2.70 bits per heavy atom. The van der Waals surface area contributed by atoms with Crippen LogP contribution in [0.5, 0.6) is 5.75 Å². The number of hydrogen-bond donors (Lipinski definition) is 1. The van der Waals surface area contributed by atoms with E-state index in [4.69, 9.17) is 16.3 Å². The van der Waals surface area contributed by atoms with Crippen molar-refractivity contribution in [2.24, 2.45) is 11.8 Å². The second kappa shape index (κ2) is 7.74. The predicted molar refractivity (Wildman–Crippen MR) is 105 cm³/mol. The summed E-state index contributed by atoms with van der Waals surface area (Å²) in [6.07, 6.45) is 2.82. The van der Waals surface area contributed by atoms with Gasteiger partial charge < -0.3 is 9.84 Å². The zero-order chi connectivity index (χ0) is 19.0. The van der Waals surface area contributed by atoms with Crippen molar-refractivity contribution in [1.29, 1.82) is 0 Å². The van der Waals surface area contributed by atoms with Gasteiger partial charge in [0.2, 0.25) is 0 Å². The van der Waals surface area contributed by atoms with Crippen LogP contribution in [0.25, 0.3) is 0 Å². The second-order valence-corrected chi connectivity index (χ2v) is 8.28. The first-order valence-corrected chi connectivity index (χ1v) is 9.98. The van der Waals surface area contributed by atoms with Crippen molar-refractivity contribution in [2.75, 3.05) is 13.1 Å². The van der Waals surface area contributed by atoms with Gasteiger partial charge in [0.1, 0.15) is 11.9 Å². The van der Waals surface area contributed by atoms with Gasteiger partial charge in [-0.15, -0.1) is 0 Å². The summed E-state index contributed by atoms with van der Waals surface area (Å²) in [5, 5.41) is 11.4. The Hall–Kier alpha value is -1.69. The summed E-state index contributed by atoms with van der Waals surface area (Å²) in [5.74, 6) is 1.80. The highest BCUT2D eigenvalue weighted by Gasteiger charge is 2.42. The Morgan fingerprint density at radius 1 is 1.19 bits per heavy atom. The maximum absolute atomic E-state index is 10.6. The van der Waals surface area contributed by atoms with Crippen LogP contribution in [0.2, 0.25) is 5.02 Å². The van der Waals surface area contributed by atoms with Gasteiger partial charge in [-0.2, -0.15) is 0 Å². The second-order valence-electron chi connectivity index (χ2n) is 7.88. The number of nitrogens with zero attached hydrogens (tertiary/aromatic N) is 3. The third-order valence-electron chi connectivity index (χ3n) is 5.82. The minimum absolute atomic E-state index is 0.173. The number of aliphatic hydroxyl groups is 1. The molecule has 0 bridgehead atoms. The Morgan fingerprint density at radius 2 is 1.96 bits per heavy atom. The molecule has 2 aromatic rings. The van der Waals surface area contributed by atoms with Crippen molar-refractivity contribution in [1.82, 2.24) is 14.9 Å². The van der Waals surface area contributed by atoms with Gasteiger partial charge in [-0.1, -0.05) is 11.6 Å². The number of aliphatic hydroxyl groups excluding tert-OH is 1. The van der Waals surface area contributed by atoms with Crippen molar-refractivity contribution < 1.29 is 9.84 Å². The Balaban J connectivity index is 1.40. The molecule has 1 saturated heterocycles. The summed E-state index contributed by atoms with van der Waals surface area (Å²) in [5.41, 5.74) is 2.78. The SMILES string of the molecule is Cc1ccc(O[C@@H]2C[C@@H]3CN(Cc4ncccc4Cl)C[C@@H]3C[C@H]2O)c(C)n1. The zero-order valence-electron chi connectivity index (χ0n) is 15.8. The van der Waals surface area contributed by atoms with E-state index < -0.39 is 6.10 Å². The van der Waals surface area contributed by atoms with Gasteiger partial charge in [0.25, 0.3) is 0 Å². The lowest BCUT2D eigenvalue weighted by molar-refractivity contribution is -0.0236. The first-order valence-electron chi connectivity index (χ1n) is 9.60. The molecule has 6 heteroatoms. The molecule has 0 aromatic carbocycles. The molecule has 27 heavy (non-hydrogen) atoms. The highest BCUT2D eigenvalue weighted by molar-refractivity contribution is 6.31. The molecule has 1 aliphatic heterocycles. The van der Waals surface area contributed by atoms with Crippen LogP contribution in [0.3, 0.4) is 0 Å². The fourth-order valence-corrected chi connectivity index (χ4v) is 4.63. The molecule has 4 atom stereocenters. The first-order chi connectivity index (χ1) is 13.0. The molecule has 2 aromatic heterocycles. The van der Waals surface area contributed by atoms with E-state index >= 15 is 0 Å². The highest BCUT2D eigenvalue weighted by atomic mass is 35.5. The number of hydrogen-bond acceptors (Lipinski definition) is 5. The van der Waals surface area contributed by atoms with Gasteiger partial charge in [-0.25, -0.2) is 0 Å². The highest BCUT2D eigenvalue weighted by Crippen LogP contribution is 2.39. The van der Waals surface area contributed by atoms with Crippen LogP contribution >= 0.6 is 11.6 Å². The monoisotopic (exact) mass is 387 g/mol. The number of fused-ring (bicyclic) bond motifs is 1. The number of aryl methyl sites for hydroxylation is 2. The fraction of sp³-hybridized carbons (Fsp3) is 0.524. The van der Waals surface area contributed by atoms with E-state index in [1.54, 1.807) is 6.20 Å². The number of halogens is 1. The molecular formula is C21H26ClN3O2. The smallest absolute Gasteiger partial charge is 0.141 e. The molecule has 3 heterocycles. The van der Waals surface area contributed by atoms with Gasteiger partial charge >= 0.3 is 0 Å². The molecule has 1 aliphatic carbocycles. The minimum atomic E-state index is -0.439. The van der Waals surface area contributed by atoms with Crippen molar-refractivity contribution >= 4 is 11.6 Å². The molecule has 4 rings (SSSR count). The topological polar surface area (TPSA) is 58.5 Å². The van der Waals surface area contributed by atoms with Gasteiger partial charge in [0, 0.05) is 31.5 Å². The van der Waals surface area contributed by atoms with E-state index in [2.05, 4.69) is 14.9 Å². The van der Waals surface area contributed by atoms with Crippen LogP contribution in [0.15, 0.2) is 30.5 Å². The molecule has 0 radical (unpaired) electrons. The summed E-state index contributed by atoms with van der Waals surface area (Å²) in [7, 11) is 0. The number of ether oxygens (including phenoxy) is 1. The van der Waals surface area contributed by atoms with Gasteiger partial charge in [-0.05, 0) is 62.8 Å². The van der Waals surface area contributed by atoms with E-state index in [0.717, 1.165) is 60.3 Å². The lowest BCUT2D eigenvalue weighted by atomic mass is 9.78. The Labute approximate surface area is 165 Å². The summed E-state index contributed by atoms with van der Waals surface area (Å²) < 4.78 is 6.17. The van der Waals surface area contributed by atoms with Crippen molar-refractivity contribution in [3.63, 3.8) is 0 Å². The van der Waals surface area contributed by atoms with E-state index in [1.165, 1.54) is 0 Å². The van der Waals surface area contributed by atoms with Crippen molar-refractivity contribution in [2.45, 2.75) is 45.4 Å². The summed E-state index contributed by atoms with van der Waals surface area (Å²) in [4.78, 5) is 11.3. The molecule has 0 unspecified atom stereocenters. The maximum atomic E-state index is 10.6. The molecule has 2 aliphatic rings. The van der Waals surface area contributed by atoms with E-state index in [0.29, 0.717) is 11.8 Å². The third-order valence-corrected chi connectivity index (χ3v) is 6.17. The molecule has 0 amide bonds. The van der Waals surface area contributed by atoms with Crippen LogP contribution < -0.4 is 4.74 Å². The molecule has 2 fully saturated rings. The zero-order valence-corrected chi connectivity index (χ0v) is 16.6. The van der Waals surface area contributed by atoms with Gasteiger partial charge in [0.05, 0.1) is 22.5 Å². The number of pyridine rings is 2. The summed E-state index contributed by atoms with van der Waals surface area (Å²) >= 11 is 6.26. The summed E-state index contributed by atoms with van der Waals surface area (Å²) in [6, 6.07) is 7.66. The Bertz CT molecular complexity index is 816. The standard InChI is InChI=1S/C21H26ClN3O2/c1-13-5-6-20(14(2)24-13)27-21-9-16-11-25(10-15(16)8-19(21)26)12-18-17(22)4-3-7-23-18/h3-7,15-16,19,21,26H,8-12H2,1-2H3/t15-,16+,19+,21+/m0/s1. The van der Waals surface area contributed by atoms with Crippen LogP contribution in [0.1, 0.15) is 29.9 Å². The van der Waals surface area contributed by atoms with E-state index in [9.17, 15) is 5.11 Å². The van der Waals surface area contributed by atoms with Crippen LogP contribution in [0.4, 0.5) is 0 Å². The maximum Gasteiger partial charge on any atom is 0.141 e. The molecular weight excluding hydrogens is 362 g/mol. The lowest BCUT2D eigenvalue weighted by Gasteiger charge is -2.35. The summed E-state index contributed by atoms with van der Waals surface area (Å²) in [6.45, 7) is 6.66. The quantitative estimate of drug-likeness (QED) is 0.871. The Kier molecular flexibility index (Phi) is 5.35. The number of aromatic nitrogens is 2. The van der Waals surface area contributed by atoms with Crippen molar-refractivity contribution in [3.8, 4) is 5.75 Å². The lowest BCUT2D eigenvalue weighted by Crippen LogP contribution is -2.42. The normalized spacial score (nSPS) is 28.1. The predicted octanol–water partition coefficient (Wildman–Crippen LogP) is 3.40. The van der Waals surface area contributed by atoms with Crippen LogP contribution in [-0.2, 0) is 6.54 Å².